The first kappa shape index (κ1) is 12.6. The summed E-state index contributed by atoms with van der Waals surface area (Å²) in [6.07, 6.45) is 0.543. The van der Waals surface area contributed by atoms with Crippen molar-refractivity contribution in [2.45, 2.75) is 57.4 Å². The average Bonchev–Trinajstić information content (AvgIpc) is 2.12. The molecule has 1 unspecified atom stereocenters. The van der Waals surface area contributed by atoms with Crippen LogP contribution in [0.3, 0.4) is 0 Å². The number of aliphatic hydroxyl groups is 1. The number of hydrogen-bond acceptors (Lipinski definition) is 4. The quantitative estimate of drug-likeness (QED) is 0.693. The SMILES string of the molecule is CC(C)(C)OC(=O)N1[C@@H]2COC[C@H]1CC(O)C2. The fourth-order valence-electron chi connectivity index (χ4n) is 2.50. The van der Waals surface area contributed by atoms with Crippen LogP contribution < -0.4 is 0 Å². The smallest absolute Gasteiger partial charge is 0.410 e. The highest BCUT2D eigenvalue weighted by Crippen LogP contribution is 2.29. The molecule has 1 N–H and O–H groups in total. The highest BCUT2D eigenvalue weighted by Gasteiger charge is 2.42. The minimum absolute atomic E-state index is 0.0488. The number of nitrogens with zero attached hydrogens (tertiary/aromatic N) is 1. The van der Waals surface area contributed by atoms with E-state index in [1.807, 2.05) is 20.8 Å². The maximum Gasteiger partial charge on any atom is 0.410 e. The molecule has 2 heterocycles. The zero-order valence-electron chi connectivity index (χ0n) is 10.7. The van der Waals surface area contributed by atoms with Gasteiger partial charge in [-0.25, -0.2) is 4.79 Å². The molecule has 0 aromatic heterocycles. The van der Waals surface area contributed by atoms with Crippen molar-refractivity contribution >= 4 is 6.09 Å². The van der Waals surface area contributed by atoms with Gasteiger partial charge in [-0.2, -0.15) is 0 Å². The van der Waals surface area contributed by atoms with E-state index in [9.17, 15) is 9.90 Å². The molecule has 2 aliphatic heterocycles. The lowest BCUT2D eigenvalue weighted by Gasteiger charge is -2.47. The number of morpholine rings is 1. The Hall–Kier alpha value is -0.810. The maximum absolute atomic E-state index is 12.1. The molecule has 5 nitrogen and oxygen atoms in total. The molecule has 3 atom stereocenters. The highest BCUT2D eigenvalue weighted by atomic mass is 16.6. The summed E-state index contributed by atoms with van der Waals surface area (Å²) in [4.78, 5) is 13.9. The summed E-state index contributed by atoms with van der Waals surface area (Å²) in [6.45, 7) is 6.56. The Kier molecular flexibility index (Phi) is 3.32. The minimum atomic E-state index is -0.484. The lowest BCUT2D eigenvalue weighted by Crippen LogP contribution is -2.60. The second-order valence-corrected chi connectivity index (χ2v) is 5.86. The number of amides is 1. The topological polar surface area (TPSA) is 59.0 Å². The second-order valence-electron chi connectivity index (χ2n) is 5.86. The van der Waals surface area contributed by atoms with Crippen molar-refractivity contribution in [1.82, 2.24) is 4.90 Å². The third-order valence-corrected chi connectivity index (χ3v) is 3.10. The standard InChI is InChI=1S/C12H21NO4/c1-12(2,3)17-11(15)13-8-4-10(14)5-9(13)7-16-6-8/h8-10,14H,4-7H2,1-3H3/t8-,9+,10?. The predicted molar refractivity (Wildman–Crippen MR) is 61.7 cm³/mol. The number of carbonyl (C=O) groups is 1. The van der Waals surface area contributed by atoms with Crippen molar-refractivity contribution in [3.05, 3.63) is 0 Å². The Morgan fingerprint density at radius 2 is 1.82 bits per heavy atom. The van der Waals surface area contributed by atoms with Crippen LogP contribution in [0.25, 0.3) is 0 Å². The van der Waals surface area contributed by atoms with Gasteiger partial charge in [-0.15, -0.1) is 0 Å². The number of rotatable bonds is 0. The Morgan fingerprint density at radius 3 is 2.29 bits per heavy atom. The predicted octanol–water partition coefficient (Wildman–Crippen LogP) is 1.15. The van der Waals surface area contributed by atoms with E-state index in [2.05, 4.69) is 0 Å². The van der Waals surface area contributed by atoms with Crippen molar-refractivity contribution < 1.29 is 19.4 Å². The molecule has 98 valence electrons. The van der Waals surface area contributed by atoms with Crippen molar-refractivity contribution in [2.24, 2.45) is 0 Å². The fraction of sp³-hybridized carbons (Fsp3) is 0.917. The molecule has 17 heavy (non-hydrogen) atoms. The second kappa shape index (κ2) is 4.46. The number of fused-ring (bicyclic) bond motifs is 2. The van der Waals surface area contributed by atoms with Crippen LogP contribution >= 0.6 is 0 Å². The van der Waals surface area contributed by atoms with Crippen molar-refractivity contribution in [2.75, 3.05) is 13.2 Å². The molecule has 2 aliphatic rings. The summed E-state index contributed by atoms with van der Waals surface area (Å²) >= 11 is 0. The number of ether oxygens (including phenoxy) is 2. The third-order valence-electron chi connectivity index (χ3n) is 3.10. The van der Waals surface area contributed by atoms with Crippen LogP contribution in [0.15, 0.2) is 0 Å². The van der Waals surface area contributed by atoms with Gasteiger partial charge in [0.05, 0.1) is 31.4 Å². The molecule has 0 aliphatic carbocycles. The van der Waals surface area contributed by atoms with E-state index in [0.717, 1.165) is 0 Å². The van der Waals surface area contributed by atoms with E-state index in [1.165, 1.54) is 0 Å². The zero-order chi connectivity index (χ0) is 12.6. The van der Waals surface area contributed by atoms with E-state index in [-0.39, 0.29) is 24.3 Å². The van der Waals surface area contributed by atoms with Crippen molar-refractivity contribution in [3.63, 3.8) is 0 Å². The van der Waals surface area contributed by atoms with Gasteiger partial charge in [0.15, 0.2) is 0 Å². The minimum Gasteiger partial charge on any atom is -0.444 e. The molecule has 2 saturated heterocycles. The van der Waals surface area contributed by atoms with Gasteiger partial charge in [0.25, 0.3) is 0 Å². The maximum atomic E-state index is 12.1. The number of piperidine rings is 1. The molecule has 0 aromatic carbocycles. The van der Waals surface area contributed by atoms with Crippen LogP contribution in [-0.4, -0.2) is 53.1 Å². The Morgan fingerprint density at radius 1 is 1.29 bits per heavy atom. The molecule has 2 bridgehead atoms. The van der Waals surface area contributed by atoms with E-state index in [1.54, 1.807) is 4.90 Å². The molecule has 5 heteroatoms. The summed E-state index contributed by atoms with van der Waals surface area (Å²) < 4.78 is 10.8. The average molecular weight is 243 g/mol. The summed E-state index contributed by atoms with van der Waals surface area (Å²) in [7, 11) is 0. The van der Waals surface area contributed by atoms with Crippen LogP contribution in [0.5, 0.6) is 0 Å². The van der Waals surface area contributed by atoms with Crippen LogP contribution in [0.4, 0.5) is 4.79 Å². The third kappa shape index (κ3) is 2.90. The van der Waals surface area contributed by atoms with Gasteiger partial charge in [0.2, 0.25) is 0 Å². The van der Waals surface area contributed by atoms with E-state index < -0.39 is 5.60 Å². The molecule has 2 fully saturated rings. The van der Waals surface area contributed by atoms with E-state index in [0.29, 0.717) is 26.1 Å². The summed E-state index contributed by atoms with van der Waals surface area (Å²) in [5.41, 5.74) is -0.484. The van der Waals surface area contributed by atoms with Crippen LogP contribution in [0.1, 0.15) is 33.6 Å². The molecule has 0 radical (unpaired) electrons. The number of aliphatic hydroxyl groups excluding tert-OH is 1. The zero-order valence-corrected chi connectivity index (χ0v) is 10.7. The first-order chi connectivity index (χ1) is 7.87. The number of hydrogen-bond donors (Lipinski definition) is 1. The summed E-state index contributed by atoms with van der Waals surface area (Å²) in [5.74, 6) is 0. The monoisotopic (exact) mass is 243 g/mol. The molecule has 2 rings (SSSR count). The lowest BCUT2D eigenvalue weighted by molar-refractivity contribution is -0.103. The number of carbonyl (C=O) groups excluding carboxylic acids is 1. The summed E-state index contributed by atoms with van der Waals surface area (Å²) in [6, 6.07) is -0.0975. The van der Waals surface area contributed by atoms with Gasteiger partial charge in [0.1, 0.15) is 5.60 Å². The highest BCUT2D eigenvalue weighted by molar-refractivity contribution is 5.69. The van der Waals surface area contributed by atoms with E-state index >= 15 is 0 Å². The molecule has 0 aromatic rings. The van der Waals surface area contributed by atoms with Gasteiger partial charge in [-0.1, -0.05) is 0 Å². The lowest BCUT2D eigenvalue weighted by atomic mass is 9.92. The Labute approximate surface area is 102 Å². The Bertz CT molecular complexity index is 285. The van der Waals surface area contributed by atoms with Gasteiger partial charge in [0, 0.05) is 0 Å². The molecule has 0 spiro atoms. The largest absolute Gasteiger partial charge is 0.444 e. The van der Waals surface area contributed by atoms with Crippen LogP contribution in [0.2, 0.25) is 0 Å². The molecule has 1 amide bonds. The Balaban J connectivity index is 2.07. The normalized spacial score (nSPS) is 33.4. The fourth-order valence-corrected chi connectivity index (χ4v) is 2.50. The molecule has 0 saturated carbocycles. The van der Waals surface area contributed by atoms with Crippen molar-refractivity contribution in [1.29, 1.82) is 0 Å². The van der Waals surface area contributed by atoms with Gasteiger partial charge >= 0.3 is 6.09 Å². The van der Waals surface area contributed by atoms with Crippen molar-refractivity contribution in [3.8, 4) is 0 Å². The first-order valence-electron chi connectivity index (χ1n) is 6.14. The molecular weight excluding hydrogens is 222 g/mol. The summed E-state index contributed by atoms with van der Waals surface area (Å²) in [5, 5.41) is 9.71. The van der Waals surface area contributed by atoms with Gasteiger partial charge < -0.3 is 14.6 Å². The van der Waals surface area contributed by atoms with E-state index in [4.69, 9.17) is 9.47 Å². The molecular formula is C12H21NO4. The van der Waals surface area contributed by atoms with Gasteiger partial charge in [-0.05, 0) is 33.6 Å². The van der Waals surface area contributed by atoms with Crippen LogP contribution in [-0.2, 0) is 9.47 Å². The van der Waals surface area contributed by atoms with Gasteiger partial charge in [-0.3, -0.25) is 4.90 Å². The van der Waals surface area contributed by atoms with Crippen LogP contribution in [0, 0.1) is 0 Å². The first-order valence-corrected chi connectivity index (χ1v) is 6.14.